The number of hydrogen-bond donors (Lipinski definition) is 1. The van der Waals surface area contributed by atoms with Crippen LogP contribution in [0.5, 0.6) is 0 Å². The fourth-order valence-electron chi connectivity index (χ4n) is 2.95. The largest absolute Gasteiger partial charge is 0.344 e. The lowest BCUT2D eigenvalue weighted by Crippen LogP contribution is -2.50. The molecule has 1 heterocycles. The zero-order valence-corrected chi connectivity index (χ0v) is 16.2. The van der Waals surface area contributed by atoms with Crippen molar-refractivity contribution in [2.24, 2.45) is 5.41 Å². The molecule has 1 unspecified atom stereocenters. The molecule has 144 valence electrons. The van der Waals surface area contributed by atoms with E-state index in [4.69, 9.17) is 0 Å². The van der Waals surface area contributed by atoms with Crippen molar-refractivity contribution in [3.8, 4) is 0 Å². The Balaban J connectivity index is 1.87. The second kappa shape index (κ2) is 8.62. The number of carbonyl (C=O) groups is 2. The van der Waals surface area contributed by atoms with Crippen LogP contribution in [0.4, 0.5) is 4.39 Å². The van der Waals surface area contributed by atoms with Gasteiger partial charge in [0, 0.05) is 38.1 Å². The summed E-state index contributed by atoms with van der Waals surface area (Å²) in [6, 6.07) is 6.02. The summed E-state index contributed by atoms with van der Waals surface area (Å²) in [6.07, 6.45) is 0.882. The first-order valence-corrected chi connectivity index (χ1v) is 9.23. The lowest BCUT2D eigenvalue weighted by atomic mass is 9.95. The second-order valence-electron chi connectivity index (χ2n) is 8.03. The summed E-state index contributed by atoms with van der Waals surface area (Å²) in [7, 11) is 0. The Bertz CT molecular complexity index is 625. The van der Waals surface area contributed by atoms with Crippen LogP contribution in [0.2, 0.25) is 0 Å². The van der Waals surface area contributed by atoms with E-state index in [0.29, 0.717) is 13.1 Å². The van der Waals surface area contributed by atoms with Crippen molar-refractivity contribution >= 4 is 11.8 Å². The molecule has 1 saturated heterocycles. The van der Waals surface area contributed by atoms with Crippen molar-refractivity contribution in [3.05, 3.63) is 35.6 Å². The Kier molecular flexibility index (Phi) is 6.75. The number of hydrogen-bond acceptors (Lipinski definition) is 3. The number of nitrogens with one attached hydrogen (secondary N) is 1. The van der Waals surface area contributed by atoms with Crippen molar-refractivity contribution < 1.29 is 14.0 Å². The topological polar surface area (TPSA) is 52.7 Å². The van der Waals surface area contributed by atoms with Gasteiger partial charge in [-0.1, -0.05) is 32.9 Å². The molecule has 0 spiro atoms. The lowest BCUT2D eigenvalue weighted by molar-refractivity contribution is -0.138. The molecule has 1 aliphatic rings. The molecule has 1 aromatic carbocycles. The number of carbonyl (C=O) groups excluding carboxylic acids is 2. The van der Waals surface area contributed by atoms with E-state index < -0.39 is 11.5 Å². The molecule has 5 nitrogen and oxygen atoms in total. The average Bonchev–Trinajstić information content (AvgIpc) is 2.81. The molecular formula is C20H30FN3O2. The highest BCUT2D eigenvalue weighted by Crippen LogP contribution is 2.14. The Morgan fingerprint density at radius 1 is 1.12 bits per heavy atom. The SMILES string of the molecule is CC(NC(=O)C(C)(C)C)C(=O)N1CCCN(Cc2ccc(F)cc2)CC1. The number of benzene rings is 1. The summed E-state index contributed by atoms with van der Waals surface area (Å²) in [5.74, 6) is -0.384. The van der Waals surface area contributed by atoms with Crippen LogP contribution in [0, 0.1) is 11.2 Å². The predicted octanol–water partition coefficient (Wildman–Crippen LogP) is 2.41. The Hall–Kier alpha value is -1.95. The van der Waals surface area contributed by atoms with Crippen LogP contribution < -0.4 is 5.32 Å². The quantitative estimate of drug-likeness (QED) is 0.894. The Labute approximate surface area is 155 Å². The molecule has 0 aliphatic carbocycles. The molecule has 1 aromatic rings. The number of nitrogens with zero attached hydrogens (tertiary/aromatic N) is 2. The molecule has 1 aliphatic heterocycles. The fraction of sp³-hybridized carbons (Fsp3) is 0.600. The van der Waals surface area contributed by atoms with Crippen LogP contribution in [0.1, 0.15) is 39.7 Å². The third-order valence-corrected chi connectivity index (χ3v) is 4.62. The Morgan fingerprint density at radius 2 is 1.77 bits per heavy atom. The van der Waals surface area contributed by atoms with Gasteiger partial charge in [-0.2, -0.15) is 0 Å². The van der Waals surface area contributed by atoms with E-state index in [-0.39, 0.29) is 17.6 Å². The zero-order chi connectivity index (χ0) is 19.3. The van der Waals surface area contributed by atoms with Gasteiger partial charge < -0.3 is 10.2 Å². The van der Waals surface area contributed by atoms with E-state index in [1.165, 1.54) is 12.1 Å². The molecule has 1 atom stereocenters. The summed E-state index contributed by atoms with van der Waals surface area (Å²) in [5, 5.41) is 2.81. The highest BCUT2D eigenvalue weighted by Gasteiger charge is 2.28. The van der Waals surface area contributed by atoms with Gasteiger partial charge >= 0.3 is 0 Å². The maximum atomic E-state index is 13.0. The molecule has 0 bridgehead atoms. The summed E-state index contributed by atoms with van der Waals surface area (Å²) in [6.45, 7) is 11.0. The number of amides is 2. The minimum Gasteiger partial charge on any atom is -0.344 e. The first kappa shape index (κ1) is 20.4. The van der Waals surface area contributed by atoms with Crippen LogP contribution in [0.15, 0.2) is 24.3 Å². The van der Waals surface area contributed by atoms with Gasteiger partial charge in [0.2, 0.25) is 11.8 Å². The van der Waals surface area contributed by atoms with E-state index in [0.717, 1.165) is 31.6 Å². The van der Waals surface area contributed by atoms with E-state index >= 15 is 0 Å². The molecule has 0 aromatic heterocycles. The highest BCUT2D eigenvalue weighted by molar-refractivity contribution is 5.89. The number of rotatable bonds is 4. The predicted molar refractivity (Wildman–Crippen MR) is 99.9 cm³/mol. The summed E-state index contributed by atoms with van der Waals surface area (Å²) in [4.78, 5) is 28.9. The van der Waals surface area contributed by atoms with Gasteiger partial charge in [0.1, 0.15) is 11.9 Å². The average molecular weight is 363 g/mol. The number of halogens is 1. The highest BCUT2D eigenvalue weighted by atomic mass is 19.1. The van der Waals surface area contributed by atoms with Crippen LogP contribution >= 0.6 is 0 Å². The summed E-state index contributed by atoms with van der Waals surface area (Å²) >= 11 is 0. The smallest absolute Gasteiger partial charge is 0.244 e. The molecule has 2 rings (SSSR count). The molecule has 2 amide bonds. The van der Waals surface area contributed by atoms with Crippen molar-refractivity contribution in [3.63, 3.8) is 0 Å². The minimum atomic E-state index is -0.523. The van der Waals surface area contributed by atoms with Crippen molar-refractivity contribution in [2.75, 3.05) is 26.2 Å². The zero-order valence-electron chi connectivity index (χ0n) is 16.2. The minimum absolute atomic E-state index is 0.0359. The van der Waals surface area contributed by atoms with Crippen LogP contribution in [-0.2, 0) is 16.1 Å². The maximum Gasteiger partial charge on any atom is 0.244 e. The standard InChI is InChI=1S/C20H30FN3O2/c1-15(22-19(26)20(2,3)4)18(25)24-11-5-10-23(12-13-24)14-16-6-8-17(21)9-7-16/h6-9,15H,5,10-14H2,1-4H3,(H,22,26). The van der Waals surface area contributed by atoms with Gasteiger partial charge in [0.25, 0.3) is 0 Å². The van der Waals surface area contributed by atoms with Gasteiger partial charge in [-0.15, -0.1) is 0 Å². The maximum absolute atomic E-state index is 13.0. The molecule has 26 heavy (non-hydrogen) atoms. The first-order valence-electron chi connectivity index (χ1n) is 9.23. The monoisotopic (exact) mass is 363 g/mol. The molecule has 0 radical (unpaired) electrons. The van der Waals surface area contributed by atoms with Crippen molar-refractivity contribution in [1.29, 1.82) is 0 Å². The van der Waals surface area contributed by atoms with Crippen LogP contribution in [0.3, 0.4) is 0 Å². The second-order valence-corrected chi connectivity index (χ2v) is 8.03. The van der Waals surface area contributed by atoms with Gasteiger partial charge in [-0.05, 0) is 31.0 Å². The van der Waals surface area contributed by atoms with E-state index in [1.807, 2.05) is 25.7 Å². The third kappa shape index (κ3) is 5.80. The van der Waals surface area contributed by atoms with Crippen LogP contribution in [0.25, 0.3) is 0 Å². The van der Waals surface area contributed by atoms with E-state index in [9.17, 15) is 14.0 Å². The summed E-state index contributed by atoms with van der Waals surface area (Å²) < 4.78 is 13.0. The third-order valence-electron chi connectivity index (χ3n) is 4.62. The van der Waals surface area contributed by atoms with Crippen molar-refractivity contribution in [2.45, 2.75) is 46.7 Å². The normalized spacial score (nSPS) is 17.5. The molecule has 1 fully saturated rings. The van der Waals surface area contributed by atoms with E-state index in [2.05, 4.69) is 10.2 Å². The van der Waals surface area contributed by atoms with Gasteiger partial charge in [-0.25, -0.2) is 4.39 Å². The van der Waals surface area contributed by atoms with Crippen molar-refractivity contribution in [1.82, 2.24) is 15.1 Å². The molecule has 1 N–H and O–H groups in total. The molecule has 6 heteroatoms. The summed E-state index contributed by atoms with van der Waals surface area (Å²) in [5.41, 5.74) is 0.552. The fourth-order valence-corrected chi connectivity index (χ4v) is 2.95. The lowest BCUT2D eigenvalue weighted by Gasteiger charge is -2.27. The van der Waals surface area contributed by atoms with Gasteiger partial charge in [-0.3, -0.25) is 14.5 Å². The Morgan fingerprint density at radius 3 is 2.38 bits per heavy atom. The molecular weight excluding hydrogens is 333 g/mol. The van der Waals surface area contributed by atoms with Crippen LogP contribution in [-0.4, -0.2) is 53.8 Å². The molecule has 0 saturated carbocycles. The first-order chi connectivity index (χ1) is 12.2. The van der Waals surface area contributed by atoms with E-state index in [1.54, 1.807) is 19.1 Å². The van der Waals surface area contributed by atoms with Gasteiger partial charge in [0.15, 0.2) is 0 Å². The van der Waals surface area contributed by atoms with Gasteiger partial charge in [0.05, 0.1) is 0 Å².